The predicted molar refractivity (Wildman–Crippen MR) is 60.5 cm³/mol. The number of nitrogens with one attached hydrogen (secondary N) is 1. The van der Waals surface area contributed by atoms with Crippen molar-refractivity contribution >= 4 is 17.7 Å². The molecule has 0 aliphatic carbocycles. The second-order valence-electron chi connectivity index (χ2n) is 2.87. The van der Waals surface area contributed by atoms with E-state index < -0.39 is 0 Å². The first kappa shape index (κ1) is 11.1. The Bertz CT molecular complexity index is 274. The molecule has 0 aliphatic rings. The molecule has 1 rings (SSSR count). The van der Waals surface area contributed by atoms with Crippen LogP contribution in [0, 0.1) is 0 Å². The van der Waals surface area contributed by atoms with Crippen LogP contribution < -0.4 is 5.32 Å². The van der Waals surface area contributed by atoms with Gasteiger partial charge in [0, 0.05) is 23.6 Å². The number of benzene rings is 1. The zero-order chi connectivity index (χ0) is 10.2. The van der Waals surface area contributed by atoms with Crippen LogP contribution >= 0.6 is 11.8 Å². The van der Waals surface area contributed by atoms with E-state index in [1.807, 2.05) is 25.1 Å². The van der Waals surface area contributed by atoms with Gasteiger partial charge >= 0.3 is 0 Å². The number of carbonyl (C=O) groups excluding carboxylic acids is 1. The van der Waals surface area contributed by atoms with Crippen LogP contribution in [0.2, 0.25) is 0 Å². The Labute approximate surface area is 89.1 Å². The van der Waals surface area contributed by atoms with Crippen molar-refractivity contribution in [3.63, 3.8) is 0 Å². The normalized spacial score (nSPS) is 9.79. The SMILES string of the molecule is CCC(=O)NCCSc1ccccc1. The van der Waals surface area contributed by atoms with E-state index in [9.17, 15) is 4.79 Å². The lowest BCUT2D eigenvalue weighted by Gasteiger charge is -2.03. The zero-order valence-corrected chi connectivity index (χ0v) is 9.14. The van der Waals surface area contributed by atoms with Crippen molar-refractivity contribution in [2.24, 2.45) is 0 Å². The average molecular weight is 209 g/mol. The largest absolute Gasteiger partial charge is 0.355 e. The summed E-state index contributed by atoms with van der Waals surface area (Å²) < 4.78 is 0. The van der Waals surface area contributed by atoms with E-state index >= 15 is 0 Å². The van der Waals surface area contributed by atoms with Gasteiger partial charge in [-0.1, -0.05) is 25.1 Å². The van der Waals surface area contributed by atoms with Gasteiger partial charge in [-0.15, -0.1) is 11.8 Å². The van der Waals surface area contributed by atoms with Crippen LogP contribution in [-0.4, -0.2) is 18.2 Å². The lowest BCUT2D eigenvalue weighted by Crippen LogP contribution is -2.24. The average Bonchev–Trinajstić information content (AvgIpc) is 2.25. The molecule has 0 aromatic heterocycles. The maximum atomic E-state index is 10.9. The Morgan fingerprint density at radius 1 is 1.36 bits per heavy atom. The summed E-state index contributed by atoms with van der Waals surface area (Å²) in [5.41, 5.74) is 0. The fraction of sp³-hybridized carbons (Fsp3) is 0.364. The maximum absolute atomic E-state index is 10.9. The summed E-state index contributed by atoms with van der Waals surface area (Å²) >= 11 is 1.76. The lowest BCUT2D eigenvalue weighted by molar-refractivity contribution is -0.120. The molecule has 2 nitrogen and oxygen atoms in total. The molecule has 0 unspecified atom stereocenters. The number of thioether (sulfide) groups is 1. The standard InChI is InChI=1S/C11H15NOS/c1-2-11(13)12-8-9-14-10-6-4-3-5-7-10/h3-7H,2,8-9H2,1H3,(H,12,13). The van der Waals surface area contributed by atoms with Crippen molar-refractivity contribution in [3.05, 3.63) is 30.3 Å². The van der Waals surface area contributed by atoms with Crippen molar-refractivity contribution in [3.8, 4) is 0 Å². The summed E-state index contributed by atoms with van der Waals surface area (Å²) in [5, 5.41) is 2.84. The van der Waals surface area contributed by atoms with Gasteiger partial charge in [-0.2, -0.15) is 0 Å². The smallest absolute Gasteiger partial charge is 0.219 e. The first-order chi connectivity index (χ1) is 6.83. The fourth-order valence-electron chi connectivity index (χ4n) is 1.00. The van der Waals surface area contributed by atoms with Crippen molar-refractivity contribution in [1.29, 1.82) is 0 Å². The van der Waals surface area contributed by atoms with E-state index in [2.05, 4.69) is 17.4 Å². The van der Waals surface area contributed by atoms with Crippen molar-refractivity contribution in [2.75, 3.05) is 12.3 Å². The van der Waals surface area contributed by atoms with Crippen molar-refractivity contribution in [1.82, 2.24) is 5.32 Å². The Balaban J connectivity index is 2.13. The van der Waals surface area contributed by atoms with Gasteiger partial charge in [-0.25, -0.2) is 0 Å². The Morgan fingerprint density at radius 2 is 2.07 bits per heavy atom. The molecule has 1 N–H and O–H groups in total. The van der Waals surface area contributed by atoms with Gasteiger partial charge in [0.1, 0.15) is 0 Å². The van der Waals surface area contributed by atoms with Crippen molar-refractivity contribution in [2.45, 2.75) is 18.2 Å². The zero-order valence-electron chi connectivity index (χ0n) is 8.32. The predicted octanol–water partition coefficient (Wildman–Crippen LogP) is 2.30. The van der Waals surface area contributed by atoms with E-state index in [4.69, 9.17) is 0 Å². The molecule has 3 heteroatoms. The lowest BCUT2D eigenvalue weighted by atomic mass is 10.4. The summed E-state index contributed by atoms with van der Waals surface area (Å²) in [6, 6.07) is 10.2. The molecule has 76 valence electrons. The van der Waals surface area contributed by atoms with Crippen molar-refractivity contribution < 1.29 is 4.79 Å². The van der Waals surface area contributed by atoms with Gasteiger partial charge in [0.2, 0.25) is 5.91 Å². The van der Waals surface area contributed by atoms with Crippen LogP contribution in [-0.2, 0) is 4.79 Å². The van der Waals surface area contributed by atoms with E-state index in [1.165, 1.54) is 4.90 Å². The monoisotopic (exact) mass is 209 g/mol. The van der Waals surface area contributed by atoms with Gasteiger partial charge in [0.25, 0.3) is 0 Å². The third kappa shape index (κ3) is 4.33. The molecule has 1 amide bonds. The van der Waals surface area contributed by atoms with Gasteiger partial charge in [0.05, 0.1) is 0 Å². The van der Waals surface area contributed by atoms with E-state index in [0.29, 0.717) is 6.42 Å². The quantitative estimate of drug-likeness (QED) is 0.595. The summed E-state index contributed by atoms with van der Waals surface area (Å²) in [5.74, 6) is 1.05. The summed E-state index contributed by atoms with van der Waals surface area (Å²) in [4.78, 5) is 12.2. The molecule has 0 atom stereocenters. The maximum Gasteiger partial charge on any atom is 0.219 e. The highest BCUT2D eigenvalue weighted by Crippen LogP contribution is 2.15. The number of rotatable bonds is 5. The minimum atomic E-state index is 0.124. The molecule has 0 saturated heterocycles. The molecule has 14 heavy (non-hydrogen) atoms. The third-order valence-electron chi connectivity index (χ3n) is 1.76. The van der Waals surface area contributed by atoms with E-state index in [1.54, 1.807) is 11.8 Å². The summed E-state index contributed by atoms with van der Waals surface area (Å²) in [6.45, 7) is 2.60. The summed E-state index contributed by atoms with van der Waals surface area (Å²) in [6.07, 6.45) is 0.565. The Kier molecular flexibility index (Phi) is 5.15. The molecular formula is C11H15NOS. The van der Waals surface area contributed by atoms with Crippen LogP contribution in [0.25, 0.3) is 0 Å². The molecule has 0 aliphatic heterocycles. The second kappa shape index (κ2) is 6.49. The highest BCUT2D eigenvalue weighted by atomic mass is 32.2. The third-order valence-corrected chi connectivity index (χ3v) is 2.77. The molecule has 0 radical (unpaired) electrons. The van der Waals surface area contributed by atoms with Gasteiger partial charge in [0.15, 0.2) is 0 Å². The fourth-order valence-corrected chi connectivity index (χ4v) is 1.79. The second-order valence-corrected chi connectivity index (χ2v) is 4.03. The van der Waals surface area contributed by atoms with Gasteiger partial charge < -0.3 is 5.32 Å². The van der Waals surface area contributed by atoms with E-state index in [0.717, 1.165) is 12.3 Å². The number of hydrogen-bond donors (Lipinski definition) is 1. The first-order valence-corrected chi connectivity index (χ1v) is 5.76. The van der Waals surface area contributed by atoms with Crippen LogP contribution in [0.5, 0.6) is 0 Å². The van der Waals surface area contributed by atoms with Crippen LogP contribution in [0.3, 0.4) is 0 Å². The van der Waals surface area contributed by atoms with Crippen LogP contribution in [0.4, 0.5) is 0 Å². The first-order valence-electron chi connectivity index (χ1n) is 4.77. The van der Waals surface area contributed by atoms with Crippen LogP contribution in [0.1, 0.15) is 13.3 Å². The van der Waals surface area contributed by atoms with E-state index in [-0.39, 0.29) is 5.91 Å². The number of amides is 1. The number of carbonyl (C=O) groups is 1. The van der Waals surface area contributed by atoms with Crippen LogP contribution in [0.15, 0.2) is 35.2 Å². The molecule has 1 aromatic rings. The Morgan fingerprint density at radius 3 is 2.71 bits per heavy atom. The van der Waals surface area contributed by atoms with Gasteiger partial charge in [-0.3, -0.25) is 4.79 Å². The molecule has 0 bridgehead atoms. The Hall–Kier alpha value is -0.960. The molecule has 0 heterocycles. The highest BCUT2D eigenvalue weighted by Gasteiger charge is 1.95. The molecule has 0 spiro atoms. The topological polar surface area (TPSA) is 29.1 Å². The molecule has 0 saturated carbocycles. The highest BCUT2D eigenvalue weighted by molar-refractivity contribution is 7.99. The summed E-state index contributed by atoms with van der Waals surface area (Å²) in [7, 11) is 0. The minimum absolute atomic E-state index is 0.124. The molecule has 1 aromatic carbocycles. The minimum Gasteiger partial charge on any atom is -0.355 e. The molecule has 0 fully saturated rings. The molecular weight excluding hydrogens is 194 g/mol. The van der Waals surface area contributed by atoms with Gasteiger partial charge in [-0.05, 0) is 12.1 Å². The number of hydrogen-bond acceptors (Lipinski definition) is 2.